The molecule has 23 heavy (non-hydrogen) atoms. The van der Waals surface area contributed by atoms with Gasteiger partial charge in [0.05, 0.1) is 10.5 Å². The maximum absolute atomic E-state index is 12.3. The summed E-state index contributed by atoms with van der Waals surface area (Å²) in [6, 6.07) is 11.9. The second kappa shape index (κ2) is 6.10. The van der Waals surface area contributed by atoms with Gasteiger partial charge in [0.2, 0.25) is 0 Å². The average Bonchev–Trinajstić information content (AvgIpc) is 2.92. The molecule has 0 fully saturated rings. The summed E-state index contributed by atoms with van der Waals surface area (Å²) in [5.41, 5.74) is 1.87. The van der Waals surface area contributed by atoms with Gasteiger partial charge in [-0.3, -0.25) is 9.59 Å². The molecule has 2 amide bonds. The van der Waals surface area contributed by atoms with Gasteiger partial charge in [-0.05, 0) is 36.4 Å². The lowest BCUT2D eigenvalue weighted by Gasteiger charge is -2.05. The molecular formula is C16H13ClN4O2. The van der Waals surface area contributed by atoms with Crippen LogP contribution in [-0.4, -0.2) is 28.5 Å². The van der Waals surface area contributed by atoms with Crippen molar-refractivity contribution < 1.29 is 9.59 Å². The molecule has 2 N–H and O–H groups in total. The van der Waals surface area contributed by atoms with Gasteiger partial charge in [-0.2, -0.15) is 5.10 Å². The molecule has 2 aromatic heterocycles. The van der Waals surface area contributed by atoms with Crippen LogP contribution in [0.3, 0.4) is 0 Å². The average molecular weight is 329 g/mol. The fraction of sp³-hybridized carbons (Fsp3) is 0.0625. The zero-order valence-electron chi connectivity index (χ0n) is 12.2. The molecule has 6 nitrogen and oxygen atoms in total. The Kier molecular flexibility index (Phi) is 3.99. The summed E-state index contributed by atoms with van der Waals surface area (Å²) in [6.07, 6.45) is 1.72. The summed E-state index contributed by atoms with van der Waals surface area (Å²) in [6.45, 7) is 0. The van der Waals surface area contributed by atoms with Crippen LogP contribution in [0.1, 0.15) is 20.8 Å². The van der Waals surface area contributed by atoms with E-state index in [0.717, 1.165) is 0 Å². The molecule has 0 saturated carbocycles. The number of rotatable bonds is 3. The van der Waals surface area contributed by atoms with Gasteiger partial charge < -0.3 is 10.6 Å². The van der Waals surface area contributed by atoms with Crippen molar-refractivity contribution in [3.63, 3.8) is 0 Å². The number of nitrogens with one attached hydrogen (secondary N) is 2. The topological polar surface area (TPSA) is 75.5 Å². The number of aromatic nitrogens is 2. The summed E-state index contributed by atoms with van der Waals surface area (Å²) >= 11 is 6.21. The first-order valence-electron chi connectivity index (χ1n) is 6.86. The van der Waals surface area contributed by atoms with E-state index in [2.05, 4.69) is 15.7 Å². The highest BCUT2D eigenvalue weighted by Gasteiger charge is 2.17. The summed E-state index contributed by atoms with van der Waals surface area (Å²) in [5, 5.41) is 9.72. The van der Waals surface area contributed by atoms with E-state index >= 15 is 0 Å². The number of fused-ring (bicyclic) bond motifs is 1. The van der Waals surface area contributed by atoms with E-state index in [0.29, 0.717) is 21.8 Å². The van der Waals surface area contributed by atoms with Gasteiger partial charge in [0.15, 0.2) is 5.69 Å². The number of amides is 2. The summed E-state index contributed by atoms with van der Waals surface area (Å²) in [4.78, 5) is 23.8. The van der Waals surface area contributed by atoms with Crippen molar-refractivity contribution in [1.29, 1.82) is 0 Å². The number of anilines is 1. The number of benzene rings is 1. The van der Waals surface area contributed by atoms with Crippen LogP contribution < -0.4 is 10.6 Å². The van der Waals surface area contributed by atoms with Crippen LogP contribution in [0.15, 0.2) is 48.7 Å². The van der Waals surface area contributed by atoms with E-state index < -0.39 is 5.91 Å². The monoisotopic (exact) mass is 328 g/mol. The lowest BCUT2D eigenvalue weighted by Crippen LogP contribution is -2.18. The Morgan fingerprint density at radius 1 is 1.09 bits per heavy atom. The van der Waals surface area contributed by atoms with E-state index in [1.165, 1.54) is 0 Å². The molecule has 0 radical (unpaired) electrons. The maximum atomic E-state index is 12.3. The molecule has 7 heteroatoms. The van der Waals surface area contributed by atoms with Crippen LogP contribution in [-0.2, 0) is 0 Å². The molecule has 3 aromatic rings. The smallest absolute Gasteiger partial charge is 0.277 e. The Bertz CT molecular complexity index is 887. The standard InChI is InChI=1S/C16H13ClN4O2/c1-18-15(22)10-5-7-11(8-6-10)19-16(23)14-13(17)12-4-2-3-9-21(12)20-14/h2-9H,1H3,(H,18,22)(H,19,23). The van der Waals surface area contributed by atoms with E-state index in [1.807, 2.05) is 6.07 Å². The number of nitrogens with zero attached hydrogens (tertiary/aromatic N) is 2. The summed E-state index contributed by atoms with van der Waals surface area (Å²) in [5.74, 6) is -0.599. The predicted octanol–water partition coefficient (Wildman–Crippen LogP) is 2.60. The number of pyridine rings is 1. The molecular weight excluding hydrogens is 316 g/mol. The second-order valence-electron chi connectivity index (χ2n) is 4.80. The maximum Gasteiger partial charge on any atom is 0.277 e. The summed E-state index contributed by atoms with van der Waals surface area (Å²) < 4.78 is 1.55. The lowest BCUT2D eigenvalue weighted by molar-refractivity contribution is 0.0962. The molecule has 0 aliphatic heterocycles. The van der Waals surface area contributed by atoms with Crippen LogP contribution in [0, 0.1) is 0 Å². The van der Waals surface area contributed by atoms with E-state index in [4.69, 9.17) is 11.6 Å². The van der Waals surface area contributed by atoms with E-state index in [-0.39, 0.29) is 11.6 Å². The molecule has 0 bridgehead atoms. The molecule has 0 unspecified atom stereocenters. The molecule has 2 heterocycles. The van der Waals surface area contributed by atoms with Crippen molar-refractivity contribution in [2.45, 2.75) is 0 Å². The third kappa shape index (κ3) is 2.89. The molecule has 0 atom stereocenters. The molecule has 0 spiro atoms. The summed E-state index contributed by atoms with van der Waals surface area (Å²) in [7, 11) is 1.56. The highest BCUT2D eigenvalue weighted by atomic mass is 35.5. The van der Waals surface area contributed by atoms with Crippen LogP contribution >= 0.6 is 11.6 Å². The van der Waals surface area contributed by atoms with Crippen LogP contribution in [0.5, 0.6) is 0 Å². The van der Waals surface area contributed by atoms with Crippen LogP contribution in [0.4, 0.5) is 5.69 Å². The van der Waals surface area contributed by atoms with Gasteiger partial charge in [-0.25, -0.2) is 4.52 Å². The van der Waals surface area contributed by atoms with Crippen molar-refractivity contribution in [2.75, 3.05) is 12.4 Å². The van der Waals surface area contributed by atoms with Gasteiger partial charge in [0.1, 0.15) is 0 Å². The molecule has 0 aliphatic rings. The lowest BCUT2D eigenvalue weighted by atomic mass is 10.2. The Morgan fingerprint density at radius 2 is 1.83 bits per heavy atom. The fourth-order valence-corrected chi connectivity index (χ4v) is 2.43. The fourth-order valence-electron chi connectivity index (χ4n) is 2.15. The van der Waals surface area contributed by atoms with E-state index in [1.54, 1.807) is 54.2 Å². The van der Waals surface area contributed by atoms with Crippen LogP contribution in [0.2, 0.25) is 5.02 Å². The van der Waals surface area contributed by atoms with Gasteiger partial charge in [-0.15, -0.1) is 0 Å². The molecule has 0 saturated heterocycles. The number of carbonyl (C=O) groups is 2. The Hall–Kier alpha value is -2.86. The third-order valence-electron chi connectivity index (χ3n) is 3.33. The first-order valence-corrected chi connectivity index (χ1v) is 7.24. The van der Waals surface area contributed by atoms with Crippen molar-refractivity contribution in [3.8, 4) is 0 Å². The minimum Gasteiger partial charge on any atom is -0.355 e. The highest BCUT2D eigenvalue weighted by molar-refractivity contribution is 6.37. The van der Waals surface area contributed by atoms with Crippen molar-refractivity contribution in [1.82, 2.24) is 14.9 Å². The number of halogens is 1. The van der Waals surface area contributed by atoms with Gasteiger partial charge in [0.25, 0.3) is 11.8 Å². The third-order valence-corrected chi connectivity index (χ3v) is 3.70. The number of carbonyl (C=O) groups excluding carboxylic acids is 2. The van der Waals surface area contributed by atoms with Crippen molar-refractivity contribution in [3.05, 3.63) is 64.9 Å². The molecule has 116 valence electrons. The molecule has 0 aliphatic carbocycles. The zero-order chi connectivity index (χ0) is 16.4. The van der Waals surface area contributed by atoms with Gasteiger partial charge >= 0.3 is 0 Å². The minimum atomic E-state index is -0.411. The van der Waals surface area contributed by atoms with Crippen molar-refractivity contribution >= 4 is 34.6 Å². The van der Waals surface area contributed by atoms with Gasteiger partial charge in [-0.1, -0.05) is 17.7 Å². The Balaban J connectivity index is 1.83. The van der Waals surface area contributed by atoms with Crippen LogP contribution in [0.25, 0.3) is 5.52 Å². The first kappa shape index (κ1) is 15.1. The first-order chi connectivity index (χ1) is 11.1. The van der Waals surface area contributed by atoms with Gasteiger partial charge in [0, 0.05) is 24.5 Å². The highest BCUT2D eigenvalue weighted by Crippen LogP contribution is 2.22. The van der Waals surface area contributed by atoms with E-state index in [9.17, 15) is 9.59 Å². The largest absolute Gasteiger partial charge is 0.355 e. The number of hydrogen-bond donors (Lipinski definition) is 2. The predicted molar refractivity (Wildman–Crippen MR) is 88.0 cm³/mol. The normalized spacial score (nSPS) is 10.5. The molecule has 3 rings (SSSR count). The number of hydrogen-bond acceptors (Lipinski definition) is 3. The Morgan fingerprint density at radius 3 is 2.48 bits per heavy atom. The quantitative estimate of drug-likeness (QED) is 0.776. The SMILES string of the molecule is CNC(=O)c1ccc(NC(=O)c2nn3ccccc3c2Cl)cc1. The van der Waals surface area contributed by atoms with Crippen molar-refractivity contribution in [2.24, 2.45) is 0 Å². The molecule has 1 aromatic carbocycles. The zero-order valence-corrected chi connectivity index (χ0v) is 13.0. The minimum absolute atomic E-state index is 0.147. The second-order valence-corrected chi connectivity index (χ2v) is 5.18. The Labute approximate surface area is 137 Å².